The van der Waals surface area contributed by atoms with Gasteiger partial charge in [0.05, 0.1) is 12.2 Å². The highest BCUT2D eigenvalue weighted by atomic mass is 19.4. The van der Waals surface area contributed by atoms with Crippen LogP contribution in [-0.2, 0) is 6.18 Å². The van der Waals surface area contributed by atoms with Crippen molar-refractivity contribution in [3.05, 3.63) is 23.8 Å². The Labute approximate surface area is 148 Å². The molecule has 0 aromatic heterocycles. The van der Waals surface area contributed by atoms with Gasteiger partial charge in [-0.25, -0.2) is 0 Å². The lowest BCUT2D eigenvalue weighted by Crippen LogP contribution is -2.48. The van der Waals surface area contributed by atoms with Crippen LogP contribution in [-0.4, -0.2) is 69.8 Å². The van der Waals surface area contributed by atoms with E-state index in [-0.39, 0.29) is 11.4 Å². The topological polar surface area (TPSA) is 19.0 Å². The first-order chi connectivity index (χ1) is 11.8. The minimum Gasteiger partial charge on any atom is -0.494 e. The van der Waals surface area contributed by atoms with Crippen molar-refractivity contribution in [2.45, 2.75) is 19.5 Å². The van der Waals surface area contributed by atoms with E-state index in [0.29, 0.717) is 19.7 Å². The molecule has 1 aliphatic rings. The minimum atomic E-state index is -4.39. The van der Waals surface area contributed by atoms with E-state index in [4.69, 9.17) is 4.74 Å². The van der Waals surface area contributed by atoms with E-state index in [1.807, 2.05) is 25.9 Å². The molecule has 0 radical (unpaired) electrons. The Morgan fingerprint density at radius 2 is 1.80 bits per heavy atom. The van der Waals surface area contributed by atoms with Gasteiger partial charge in [-0.2, -0.15) is 13.2 Å². The lowest BCUT2D eigenvalue weighted by atomic mass is 10.1. The first-order valence-electron chi connectivity index (χ1n) is 8.77. The number of halogens is 3. The van der Waals surface area contributed by atoms with Gasteiger partial charge in [-0.15, -0.1) is 0 Å². The molecular weight excluding hydrogens is 331 g/mol. The van der Waals surface area contributed by atoms with Gasteiger partial charge in [0, 0.05) is 45.0 Å². The van der Waals surface area contributed by atoms with E-state index >= 15 is 0 Å². The van der Waals surface area contributed by atoms with Crippen molar-refractivity contribution >= 4 is 5.69 Å². The zero-order chi connectivity index (χ0) is 18.4. The Balaban J connectivity index is 2.08. The SMILES string of the molecule is CCCOc1ccc(N2CCN(CCN(C)C)CC2)c(C(F)(F)F)c1. The van der Waals surface area contributed by atoms with Crippen LogP contribution in [0, 0.1) is 0 Å². The van der Waals surface area contributed by atoms with Crippen LogP contribution in [0.2, 0.25) is 0 Å². The summed E-state index contributed by atoms with van der Waals surface area (Å²) in [6, 6.07) is 4.31. The van der Waals surface area contributed by atoms with Crippen LogP contribution in [0.4, 0.5) is 18.9 Å². The number of anilines is 1. The van der Waals surface area contributed by atoms with Gasteiger partial charge in [-0.3, -0.25) is 4.90 Å². The molecule has 1 aliphatic heterocycles. The molecular formula is C18H28F3N3O. The van der Waals surface area contributed by atoms with Gasteiger partial charge in [0.15, 0.2) is 0 Å². The number of piperazine rings is 1. The summed E-state index contributed by atoms with van der Waals surface area (Å²) < 4.78 is 45.9. The molecule has 0 bridgehead atoms. The predicted molar refractivity (Wildman–Crippen MR) is 94.4 cm³/mol. The Hall–Kier alpha value is -1.47. The van der Waals surface area contributed by atoms with Crippen molar-refractivity contribution in [3.63, 3.8) is 0 Å². The second kappa shape index (κ2) is 8.76. The molecule has 1 aromatic rings. The van der Waals surface area contributed by atoms with Crippen LogP contribution < -0.4 is 9.64 Å². The smallest absolute Gasteiger partial charge is 0.418 e. The first kappa shape index (κ1) is 19.8. The molecule has 2 rings (SSSR count). The third kappa shape index (κ3) is 5.78. The van der Waals surface area contributed by atoms with Crippen LogP contribution in [0.25, 0.3) is 0 Å². The molecule has 142 valence electrons. The molecule has 7 heteroatoms. The van der Waals surface area contributed by atoms with Gasteiger partial charge in [-0.1, -0.05) is 6.92 Å². The maximum atomic E-state index is 13.5. The van der Waals surface area contributed by atoms with E-state index in [1.165, 1.54) is 0 Å². The zero-order valence-corrected chi connectivity index (χ0v) is 15.3. The summed E-state index contributed by atoms with van der Waals surface area (Å²) in [5.41, 5.74) is -0.355. The average molecular weight is 359 g/mol. The first-order valence-corrected chi connectivity index (χ1v) is 8.77. The van der Waals surface area contributed by atoms with Gasteiger partial charge >= 0.3 is 6.18 Å². The summed E-state index contributed by atoms with van der Waals surface area (Å²) in [6.07, 6.45) is -3.62. The molecule has 1 aromatic carbocycles. The summed E-state index contributed by atoms with van der Waals surface area (Å²) in [4.78, 5) is 6.24. The number of benzene rings is 1. The number of ether oxygens (including phenoxy) is 1. The zero-order valence-electron chi connectivity index (χ0n) is 15.3. The van der Waals surface area contributed by atoms with Crippen molar-refractivity contribution < 1.29 is 17.9 Å². The fourth-order valence-electron chi connectivity index (χ4n) is 2.88. The summed E-state index contributed by atoms with van der Waals surface area (Å²) in [7, 11) is 4.04. The van der Waals surface area contributed by atoms with Gasteiger partial charge in [0.2, 0.25) is 0 Å². The maximum absolute atomic E-state index is 13.5. The average Bonchev–Trinajstić information content (AvgIpc) is 2.57. The minimum absolute atomic E-state index is 0.253. The number of rotatable bonds is 7. The molecule has 0 amide bonds. The van der Waals surface area contributed by atoms with Gasteiger partial charge < -0.3 is 14.5 Å². The monoisotopic (exact) mass is 359 g/mol. The largest absolute Gasteiger partial charge is 0.494 e. The predicted octanol–water partition coefficient (Wildman–Crippen LogP) is 3.18. The molecule has 0 unspecified atom stereocenters. The van der Waals surface area contributed by atoms with E-state index in [1.54, 1.807) is 12.1 Å². The van der Waals surface area contributed by atoms with E-state index in [9.17, 15) is 13.2 Å². The fraction of sp³-hybridized carbons (Fsp3) is 0.667. The molecule has 0 N–H and O–H groups in total. The quantitative estimate of drug-likeness (QED) is 0.744. The highest BCUT2D eigenvalue weighted by molar-refractivity contribution is 5.58. The normalized spacial score (nSPS) is 16.5. The highest BCUT2D eigenvalue weighted by Crippen LogP contribution is 2.39. The van der Waals surface area contributed by atoms with Gasteiger partial charge in [0.25, 0.3) is 0 Å². The molecule has 4 nitrogen and oxygen atoms in total. The molecule has 0 atom stereocenters. The molecule has 1 fully saturated rings. The van der Waals surface area contributed by atoms with Crippen molar-refractivity contribution in [1.82, 2.24) is 9.80 Å². The summed E-state index contributed by atoms with van der Waals surface area (Å²) in [5.74, 6) is 0.280. The summed E-state index contributed by atoms with van der Waals surface area (Å²) >= 11 is 0. The fourth-order valence-corrected chi connectivity index (χ4v) is 2.88. The molecule has 0 saturated carbocycles. The molecule has 1 saturated heterocycles. The number of hydrogen-bond donors (Lipinski definition) is 0. The molecule has 1 heterocycles. The lowest BCUT2D eigenvalue weighted by molar-refractivity contribution is -0.137. The van der Waals surface area contributed by atoms with Crippen LogP contribution in [0.3, 0.4) is 0 Å². The van der Waals surface area contributed by atoms with E-state index in [0.717, 1.165) is 38.7 Å². The third-order valence-corrected chi connectivity index (χ3v) is 4.32. The molecule has 0 aliphatic carbocycles. The second-order valence-corrected chi connectivity index (χ2v) is 6.66. The second-order valence-electron chi connectivity index (χ2n) is 6.66. The van der Waals surface area contributed by atoms with Gasteiger partial charge in [-0.05, 0) is 38.7 Å². The summed E-state index contributed by atoms with van der Waals surface area (Å²) in [6.45, 7) is 7.00. The number of nitrogens with zero attached hydrogens (tertiary/aromatic N) is 3. The van der Waals surface area contributed by atoms with E-state index in [2.05, 4.69) is 9.80 Å². The number of hydrogen-bond acceptors (Lipinski definition) is 4. The van der Waals surface area contributed by atoms with Crippen LogP contribution in [0.5, 0.6) is 5.75 Å². The molecule has 0 spiro atoms. The lowest BCUT2D eigenvalue weighted by Gasteiger charge is -2.37. The van der Waals surface area contributed by atoms with Crippen molar-refractivity contribution in [2.24, 2.45) is 0 Å². The van der Waals surface area contributed by atoms with Crippen LogP contribution >= 0.6 is 0 Å². The van der Waals surface area contributed by atoms with E-state index < -0.39 is 11.7 Å². The number of likely N-dealkylation sites (N-methyl/N-ethyl adjacent to an activating group) is 1. The van der Waals surface area contributed by atoms with Crippen molar-refractivity contribution in [3.8, 4) is 5.75 Å². The third-order valence-electron chi connectivity index (χ3n) is 4.32. The van der Waals surface area contributed by atoms with Crippen molar-refractivity contribution in [2.75, 3.05) is 64.9 Å². The standard InChI is InChI=1S/C18H28F3N3O/c1-4-13-25-15-5-6-17(16(14-15)18(19,20)21)24-11-9-23(10-12-24)8-7-22(2)3/h5-6,14H,4,7-13H2,1-3H3. The Morgan fingerprint density at radius 1 is 1.12 bits per heavy atom. The summed E-state index contributed by atoms with van der Waals surface area (Å²) in [5, 5.41) is 0. The van der Waals surface area contributed by atoms with Crippen LogP contribution in [0.1, 0.15) is 18.9 Å². The van der Waals surface area contributed by atoms with Crippen LogP contribution in [0.15, 0.2) is 18.2 Å². The Bertz CT molecular complexity index is 541. The van der Waals surface area contributed by atoms with Crippen molar-refractivity contribution in [1.29, 1.82) is 0 Å². The Kier molecular flexibility index (Phi) is 6.95. The number of alkyl halides is 3. The maximum Gasteiger partial charge on any atom is 0.418 e. The Morgan fingerprint density at radius 3 is 2.36 bits per heavy atom. The molecule has 25 heavy (non-hydrogen) atoms. The highest BCUT2D eigenvalue weighted by Gasteiger charge is 2.36. The van der Waals surface area contributed by atoms with Gasteiger partial charge in [0.1, 0.15) is 5.75 Å².